The number of rotatable bonds is 26. The van der Waals surface area contributed by atoms with E-state index in [9.17, 15) is 29.1 Å². The fourth-order valence-corrected chi connectivity index (χ4v) is 8.66. The lowest BCUT2D eigenvalue weighted by molar-refractivity contribution is -0.129. The van der Waals surface area contributed by atoms with Gasteiger partial charge in [-0.05, 0) is 129 Å². The van der Waals surface area contributed by atoms with Gasteiger partial charge in [-0.2, -0.15) is 0 Å². The van der Waals surface area contributed by atoms with E-state index in [4.69, 9.17) is 25.7 Å². The number of phenolic OH excluding ortho intramolecular Hbond substituents is 1. The number of nitrogens with two attached hydrogens (primary N) is 2. The Morgan fingerprint density at radius 3 is 1.93 bits per heavy atom. The highest BCUT2D eigenvalue weighted by atomic mass is 16.6. The van der Waals surface area contributed by atoms with Gasteiger partial charge in [0.1, 0.15) is 35.8 Å². The number of alkyl carbamates (subject to hydrolysis) is 2. The molecule has 5 aromatic carbocycles. The van der Waals surface area contributed by atoms with E-state index in [0.29, 0.717) is 75.1 Å². The minimum absolute atomic E-state index is 0.0499. The van der Waals surface area contributed by atoms with Crippen LogP contribution in [0.4, 0.5) is 9.59 Å². The third-order valence-electron chi connectivity index (χ3n) is 12.2. The summed E-state index contributed by atoms with van der Waals surface area (Å²) in [5.41, 5.74) is 17.0. The minimum Gasteiger partial charge on any atom is -0.508 e. The lowest BCUT2D eigenvalue weighted by Gasteiger charge is -2.23. The van der Waals surface area contributed by atoms with E-state index in [1.54, 1.807) is 51.1 Å². The molecule has 0 spiro atoms. The average Bonchev–Trinajstić information content (AvgIpc) is 3.70. The van der Waals surface area contributed by atoms with Crippen molar-refractivity contribution in [1.29, 1.82) is 0 Å². The van der Waals surface area contributed by atoms with Crippen LogP contribution in [0.2, 0.25) is 0 Å². The van der Waals surface area contributed by atoms with Gasteiger partial charge in [-0.25, -0.2) is 9.59 Å². The van der Waals surface area contributed by atoms with Crippen molar-refractivity contribution in [3.05, 3.63) is 155 Å². The maximum atomic E-state index is 14.3. The second-order valence-corrected chi connectivity index (χ2v) is 19.1. The molecule has 3 atom stereocenters. The van der Waals surface area contributed by atoms with Crippen LogP contribution in [0.5, 0.6) is 11.5 Å². The SMILES string of the molecule is CC(C)(C)OC(=O)N[C@H](CCCCNC(=O)OCC1c2ccccc2-c2ccccc21)C(=O)NCCCCOc1cccc(C(C(=O)N[C@H](CCCN=C(N)N)C(=O)NCc2ccc(O)cc2)c2ccccc2)c1. The standard InChI is InChI=1S/C57H70N8O9/c1-57(2,3)74-56(71)65-49(25-11-12-32-62-55(70)73-37-47-45-23-9-7-21-43(45)44-22-8-10-24-46(44)47)51(67)60-31-13-14-34-72-42-20-15-19-40(35-42)50(39-17-5-4-6-18-39)53(69)64-48(26-16-33-61-54(58)59)52(68)63-36-38-27-29-41(66)30-28-38/h4-10,15,17-24,27-30,35,47-50,66H,11-14,16,25-26,31-34,36-37H2,1-3H3,(H,60,67)(H,62,70)(H,63,68)(H,64,69)(H,65,71)(H4,58,59,61)/t48-,49-,50?/m1/s1. The van der Waals surface area contributed by atoms with Crippen LogP contribution in [0, 0.1) is 0 Å². The van der Waals surface area contributed by atoms with Crippen molar-refractivity contribution in [2.75, 3.05) is 32.8 Å². The fraction of sp³-hybridized carbons (Fsp3) is 0.368. The van der Waals surface area contributed by atoms with Crippen molar-refractivity contribution in [1.82, 2.24) is 26.6 Å². The molecule has 5 aromatic rings. The third kappa shape index (κ3) is 17.3. The summed E-state index contributed by atoms with van der Waals surface area (Å²) in [5.74, 6) is -1.39. The number of hydrogen-bond acceptors (Lipinski definition) is 10. The fourth-order valence-electron chi connectivity index (χ4n) is 8.66. The zero-order valence-corrected chi connectivity index (χ0v) is 42.4. The number of unbranched alkanes of at least 4 members (excludes halogenated alkanes) is 2. The molecule has 0 aromatic heterocycles. The molecule has 17 heteroatoms. The highest BCUT2D eigenvalue weighted by Crippen LogP contribution is 2.44. The second kappa shape index (κ2) is 27.7. The number of nitrogens with one attached hydrogen (secondary N) is 5. The topological polar surface area (TPSA) is 258 Å². The Kier molecular flexibility index (Phi) is 20.6. The smallest absolute Gasteiger partial charge is 0.408 e. The van der Waals surface area contributed by atoms with Gasteiger partial charge in [0.2, 0.25) is 17.7 Å². The molecule has 0 fully saturated rings. The molecule has 5 amide bonds. The van der Waals surface area contributed by atoms with Crippen molar-refractivity contribution in [2.24, 2.45) is 16.5 Å². The first-order valence-corrected chi connectivity index (χ1v) is 25.2. The van der Waals surface area contributed by atoms with Crippen LogP contribution in [-0.4, -0.2) is 91.5 Å². The van der Waals surface area contributed by atoms with Gasteiger partial charge in [0.15, 0.2) is 5.96 Å². The second-order valence-electron chi connectivity index (χ2n) is 19.1. The highest BCUT2D eigenvalue weighted by Gasteiger charge is 2.31. The van der Waals surface area contributed by atoms with E-state index in [0.717, 1.165) is 27.8 Å². The number of carbonyl (C=O) groups is 5. The molecule has 0 aliphatic heterocycles. The molecule has 392 valence electrons. The number of amides is 5. The number of guanidine groups is 1. The molecule has 0 radical (unpaired) electrons. The summed E-state index contributed by atoms with van der Waals surface area (Å²) in [6, 6.07) is 37.5. The molecule has 0 saturated carbocycles. The van der Waals surface area contributed by atoms with E-state index < -0.39 is 35.8 Å². The molecule has 10 N–H and O–H groups in total. The maximum absolute atomic E-state index is 14.3. The first-order chi connectivity index (χ1) is 35.6. The van der Waals surface area contributed by atoms with Crippen LogP contribution < -0.4 is 42.8 Å². The Hall–Kier alpha value is -8.08. The first-order valence-electron chi connectivity index (χ1n) is 25.2. The Morgan fingerprint density at radius 2 is 1.24 bits per heavy atom. The summed E-state index contributed by atoms with van der Waals surface area (Å²) in [5, 5.41) is 24.0. The summed E-state index contributed by atoms with van der Waals surface area (Å²) in [6.45, 7) is 6.87. The largest absolute Gasteiger partial charge is 0.508 e. The lowest BCUT2D eigenvalue weighted by atomic mass is 9.90. The molecule has 1 aliphatic rings. The maximum Gasteiger partial charge on any atom is 0.408 e. The summed E-state index contributed by atoms with van der Waals surface area (Å²) < 4.78 is 17.3. The van der Waals surface area contributed by atoms with Crippen molar-refractivity contribution in [2.45, 2.75) is 102 Å². The monoisotopic (exact) mass is 1010 g/mol. The van der Waals surface area contributed by atoms with Gasteiger partial charge in [0.25, 0.3) is 0 Å². The summed E-state index contributed by atoms with van der Waals surface area (Å²) >= 11 is 0. The zero-order valence-electron chi connectivity index (χ0n) is 42.4. The van der Waals surface area contributed by atoms with Crippen LogP contribution in [0.3, 0.4) is 0 Å². The van der Waals surface area contributed by atoms with Gasteiger partial charge >= 0.3 is 12.2 Å². The number of carbonyl (C=O) groups excluding carboxylic acids is 5. The molecule has 1 unspecified atom stereocenters. The van der Waals surface area contributed by atoms with Crippen molar-refractivity contribution in [3.8, 4) is 22.6 Å². The molecule has 0 bridgehead atoms. The minimum atomic E-state index is -0.908. The van der Waals surface area contributed by atoms with Crippen molar-refractivity contribution < 1.29 is 43.3 Å². The summed E-state index contributed by atoms with van der Waals surface area (Å²) in [4.78, 5) is 70.9. The summed E-state index contributed by atoms with van der Waals surface area (Å²) in [7, 11) is 0. The molecule has 0 saturated heterocycles. The van der Waals surface area contributed by atoms with Crippen LogP contribution in [-0.2, 0) is 30.4 Å². The Balaban J connectivity index is 0.972. The molecule has 74 heavy (non-hydrogen) atoms. The number of fused-ring (bicyclic) bond motifs is 3. The predicted octanol–water partition coefficient (Wildman–Crippen LogP) is 7.26. The first kappa shape index (κ1) is 55.2. The average molecular weight is 1010 g/mol. The molecule has 1 aliphatic carbocycles. The molecule has 6 rings (SSSR count). The van der Waals surface area contributed by atoms with Gasteiger partial charge in [-0.3, -0.25) is 19.4 Å². The number of ether oxygens (including phenoxy) is 3. The van der Waals surface area contributed by atoms with Crippen molar-refractivity contribution >= 4 is 35.9 Å². The van der Waals surface area contributed by atoms with E-state index in [2.05, 4.69) is 55.8 Å². The van der Waals surface area contributed by atoms with Gasteiger partial charge in [0, 0.05) is 32.1 Å². The van der Waals surface area contributed by atoms with Crippen LogP contribution in [0.15, 0.2) is 132 Å². The number of aliphatic imine (C=N–C) groups is 1. The van der Waals surface area contributed by atoms with E-state index >= 15 is 0 Å². The number of phenols is 1. The van der Waals surface area contributed by atoms with E-state index in [-0.39, 0.29) is 61.5 Å². The quantitative estimate of drug-likeness (QED) is 0.0155. The van der Waals surface area contributed by atoms with Crippen LogP contribution >= 0.6 is 0 Å². The Morgan fingerprint density at radius 1 is 0.635 bits per heavy atom. The molecule has 0 heterocycles. The number of nitrogens with zero attached hydrogens (tertiary/aromatic N) is 1. The number of aromatic hydroxyl groups is 1. The van der Waals surface area contributed by atoms with E-state index in [1.807, 2.05) is 60.7 Å². The molecular weight excluding hydrogens is 941 g/mol. The Bertz CT molecular complexity index is 2630. The van der Waals surface area contributed by atoms with Gasteiger partial charge in [-0.15, -0.1) is 0 Å². The number of benzene rings is 5. The number of hydrogen-bond donors (Lipinski definition) is 8. The van der Waals surface area contributed by atoms with Crippen LogP contribution in [0.1, 0.15) is 105 Å². The van der Waals surface area contributed by atoms with E-state index in [1.165, 1.54) is 12.1 Å². The highest BCUT2D eigenvalue weighted by molar-refractivity contribution is 5.92. The van der Waals surface area contributed by atoms with Crippen molar-refractivity contribution in [3.63, 3.8) is 0 Å². The normalized spacial score (nSPS) is 12.9. The molecule has 17 nitrogen and oxygen atoms in total. The van der Waals surface area contributed by atoms with Gasteiger partial charge in [0.05, 0.1) is 12.5 Å². The predicted molar refractivity (Wildman–Crippen MR) is 284 cm³/mol. The molecular formula is C57H70N8O9. The van der Waals surface area contributed by atoms with Gasteiger partial charge < -0.3 is 57.4 Å². The van der Waals surface area contributed by atoms with Crippen LogP contribution in [0.25, 0.3) is 11.1 Å². The zero-order chi connectivity index (χ0) is 52.9. The van der Waals surface area contributed by atoms with Gasteiger partial charge in [-0.1, -0.05) is 103 Å². The summed E-state index contributed by atoms with van der Waals surface area (Å²) in [6.07, 6.45) is 2.00. The Labute approximate surface area is 433 Å². The third-order valence-corrected chi connectivity index (χ3v) is 12.2. The lowest BCUT2D eigenvalue weighted by Crippen LogP contribution is -2.48.